The van der Waals surface area contributed by atoms with E-state index in [2.05, 4.69) is 5.32 Å². The monoisotopic (exact) mass is 529 g/mol. The van der Waals surface area contributed by atoms with Crippen molar-refractivity contribution >= 4 is 23.5 Å². The Labute approximate surface area is 227 Å². The van der Waals surface area contributed by atoms with Crippen LogP contribution in [-0.2, 0) is 29.2 Å². The van der Waals surface area contributed by atoms with Crippen molar-refractivity contribution in [2.45, 2.75) is 25.7 Å². The molecular weight excluding hydrogens is 502 g/mol. The Bertz CT molecular complexity index is 1360. The first-order valence-corrected chi connectivity index (χ1v) is 12.5. The lowest BCUT2D eigenvalue weighted by Crippen LogP contribution is -2.43. The molecule has 0 radical (unpaired) electrons. The minimum atomic E-state index is -0.929. The zero-order valence-corrected chi connectivity index (χ0v) is 21.7. The van der Waals surface area contributed by atoms with Gasteiger partial charge in [-0.25, -0.2) is 4.79 Å². The molecule has 4 aromatic rings. The van der Waals surface area contributed by atoms with Gasteiger partial charge in [-0.05, 0) is 41.0 Å². The predicted octanol–water partition coefficient (Wildman–Crippen LogP) is 6.01. The Hall–Kier alpha value is -4.29. The van der Waals surface area contributed by atoms with Gasteiger partial charge in [0.05, 0.1) is 17.7 Å². The number of ether oxygens (including phenoxy) is 3. The molecule has 0 fully saturated rings. The summed E-state index contributed by atoms with van der Waals surface area (Å²) in [4.78, 5) is 25.4. The first kappa shape index (κ1) is 26.8. The van der Waals surface area contributed by atoms with Crippen LogP contribution in [0.2, 0.25) is 5.02 Å². The number of carbonyl (C=O) groups is 2. The summed E-state index contributed by atoms with van der Waals surface area (Å²) in [6.07, 6.45) is 0.184. The van der Waals surface area contributed by atoms with Crippen molar-refractivity contribution in [3.8, 4) is 11.5 Å². The van der Waals surface area contributed by atoms with E-state index in [9.17, 15) is 9.59 Å². The molecule has 7 heteroatoms. The Morgan fingerprint density at radius 2 is 1.32 bits per heavy atom. The summed E-state index contributed by atoms with van der Waals surface area (Å²) in [5.74, 6) is 0.0718. The van der Waals surface area contributed by atoms with Gasteiger partial charge >= 0.3 is 5.97 Å². The average Bonchev–Trinajstić information content (AvgIpc) is 2.96. The summed E-state index contributed by atoms with van der Waals surface area (Å²) in [6.45, 7) is 0.718. The fraction of sp³-hybridized carbons (Fsp3) is 0.161. The van der Waals surface area contributed by atoms with E-state index in [0.29, 0.717) is 29.7 Å². The zero-order chi connectivity index (χ0) is 26.7. The van der Waals surface area contributed by atoms with E-state index in [1.165, 1.54) is 7.11 Å². The van der Waals surface area contributed by atoms with Gasteiger partial charge in [-0.1, -0.05) is 90.5 Å². The first-order valence-electron chi connectivity index (χ1n) is 12.1. The van der Waals surface area contributed by atoms with Crippen molar-refractivity contribution in [3.05, 3.63) is 130 Å². The minimum Gasteiger partial charge on any atom is -0.485 e. The van der Waals surface area contributed by atoms with Gasteiger partial charge in [0.1, 0.15) is 19.3 Å². The molecule has 194 valence electrons. The Morgan fingerprint density at radius 1 is 0.737 bits per heavy atom. The number of carbonyl (C=O) groups excluding carboxylic acids is 2. The molecule has 0 unspecified atom stereocenters. The molecule has 1 amide bonds. The smallest absolute Gasteiger partial charge is 0.328 e. The number of amides is 1. The molecule has 0 aromatic heterocycles. The lowest BCUT2D eigenvalue weighted by Gasteiger charge is -2.19. The van der Waals surface area contributed by atoms with E-state index in [0.717, 1.165) is 16.7 Å². The number of nitrogens with one attached hydrogen (secondary N) is 1. The molecule has 38 heavy (non-hydrogen) atoms. The molecule has 0 aliphatic heterocycles. The fourth-order valence-electron chi connectivity index (χ4n) is 3.83. The standard InChI is InChI=1S/C31H28ClNO5/c1-36-31(35)27(33-30(34)25-14-8-9-15-26(25)32)18-24-16-17-28(37-20-22-10-4-2-5-11-22)29(19-24)38-21-23-12-6-3-7-13-23/h2-17,19,27H,18,20-21H2,1H3,(H,33,34)/t27-/m1/s1. The van der Waals surface area contributed by atoms with Crippen LogP contribution in [0.5, 0.6) is 11.5 Å². The maximum absolute atomic E-state index is 12.8. The SMILES string of the molecule is COC(=O)[C@@H](Cc1ccc(OCc2ccccc2)c(OCc2ccccc2)c1)NC(=O)c1ccccc1Cl. The maximum atomic E-state index is 12.8. The van der Waals surface area contributed by atoms with Crippen LogP contribution in [0, 0.1) is 0 Å². The fourth-order valence-corrected chi connectivity index (χ4v) is 4.06. The Balaban J connectivity index is 1.54. The molecule has 0 aliphatic rings. The number of hydrogen-bond acceptors (Lipinski definition) is 5. The molecule has 0 aliphatic carbocycles. The van der Waals surface area contributed by atoms with Gasteiger partial charge in [-0.2, -0.15) is 0 Å². The molecule has 0 bridgehead atoms. The van der Waals surface area contributed by atoms with Crippen molar-refractivity contribution in [3.63, 3.8) is 0 Å². The largest absolute Gasteiger partial charge is 0.485 e. The number of esters is 1. The van der Waals surface area contributed by atoms with Gasteiger partial charge in [-0.3, -0.25) is 4.79 Å². The Morgan fingerprint density at radius 3 is 1.92 bits per heavy atom. The summed E-state index contributed by atoms with van der Waals surface area (Å²) < 4.78 is 17.2. The van der Waals surface area contributed by atoms with E-state index >= 15 is 0 Å². The van der Waals surface area contributed by atoms with Gasteiger partial charge in [0.15, 0.2) is 11.5 Å². The van der Waals surface area contributed by atoms with Crippen molar-refractivity contribution in [1.82, 2.24) is 5.32 Å². The molecule has 0 heterocycles. The highest BCUT2D eigenvalue weighted by Crippen LogP contribution is 2.31. The first-order chi connectivity index (χ1) is 18.5. The van der Waals surface area contributed by atoms with Crippen LogP contribution in [0.3, 0.4) is 0 Å². The molecule has 4 aromatic carbocycles. The van der Waals surface area contributed by atoms with Gasteiger partial charge < -0.3 is 19.5 Å². The van der Waals surface area contributed by atoms with E-state index in [1.54, 1.807) is 24.3 Å². The summed E-state index contributed by atoms with van der Waals surface area (Å²) in [5, 5.41) is 3.04. The molecule has 0 saturated heterocycles. The van der Waals surface area contributed by atoms with Crippen molar-refractivity contribution in [1.29, 1.82) is 0 Å². The number of rotatable bonds is 11. The lowest BCUT2D eigenvalue weighted by atomic mass is 10.0. The second-order valence-electron chi connectivity index (χ2n) is 8.56. The third kappa shape index (κ3) is 7.37. The topological polar surface area (TPSA) is 73.9 Å². The Kier molecular flexibility index (Phi) is 9.37. The van der Waals surface area contributed by atoms with Crippen LogP contribution in [0.25, 0.3) is 0 Å². The van der Waals surface area contributed by atoms with Crippen molar-refractivity contribution < 1.29 is 23.8 Å². The van der Waals surface area contributed by atoms with E-state index in [-0.39, 0.29) is 12.0 Å². The predicted molar refractivity (Wildman–Crippen MR) is 146 cm³/mol. The average molecular weight is 530 g/mol. The van der Waals surface area contributed by atoms with Crippen LogP contribution in [0.1, 0.15) is 27.0 Å². The molecule has 1 atom stereocenters. The van der Waals surface area contributed by atoms with Crippen LogP contribution in [0.15, 0.2) is 103 Å². The number of halogens is 1. The highest BCUT2D eigenvalue weighted by atomic mass is 35.5. The van der Waals surface area contributed by atoms with Crippen molar-refractivity contribution in [2.24, 2.45) is 0 Å². The van der Waals surface area contributed by atoms with Crippen LogP contribution < -0.4 is 14.8 Å². The molecule has 4 rings (SSSR count). The summed E-state index contributed by atoms with van der Waals surface area (Å²) in [6, 6.07) is 30.8. The molecular formula is C31H28ClNO5. The molecule has 1 N–H and O–H groups in total. The van der Waals surface area contributed by atoms with E-state index in [4.69, 9.17) is 25.8 Å². The quantitative estimate of drug-likeness (QED) is 0.241. The third-order valence-corrected chi connectivity index (χ3v) is 6.16. The van der Waals surface area contributed by atoms with Crippen molar-refractivity contribution in [2.75, 3.05) is 7.11 Å². The summed E-state index contributed by atoms with van der Waals surface area (Å²) in [7, 11) is 1.28. The number of hydrogen-bond donors (Lipinski definition) is 1. The second kappa shape index (κ2) is 13.3. The number of methoxy groups -OCH3 is 1. The van der Waals surface area contributed by atoms with Gasteiger partial charge in [-0.15, -0.1) is 0 Å². The van der Waals surface area contributed by atoms with Gasteiger partial charge in [0.2, 0.25) is 0 Å². The van der Waals surface area contributed by atoms with Crippen LogP contribution in [0.4, 0.5) is 0 Å². The maximum Gasteiger partial charge on any atom is 0.328 e. The third-order valence-electron chi connectivity index (χ3n) is 5.83. The van der Waals surface area contributed by atoms with Gasteiger partial charge in [0.25, 0.3) is 5.91 Å². The molecule has 0 spiro atoms. The molecule has 0 saturated carbocycles. The number of benzene rings is 4. The van der Waals surface area contributed by atoms with E-state index < -0.39 is 17.9 Å². The highest BCUT2D eigenvalue weighted by molar-refractivity contribution is 6.33. The van der Waals surface area contributed by atoms with E-state index in [1.807, 2.05) is 78.9 Å². The summed E-state index contributed by atoms with van der Waals surface area (Å²) >= 11 is 6.17. The second-order valence-corrected chi connectivity index (χ2v) is 8.97. The van der Waals surface area contributed by atoms with Crippen LogP contribution >= 0.6 is 11.6 Å². The summed E-state index contributed by atoms with van der Waals surface area (Å²) in [5.41, 5.74) is 3.07. The van der Waals surface area contributed by atoms with Gasteiger partial charge in [0, 0.05) is 6.42 Å². The normalized spacial score (nSPS) is 11.3. The van der Waals surface area contributed by atoms with Crippen LogP contribution in [-0.4, -0.2) is 25.0 Å². The zero-order valence-electron chi connectivity index (χ0n) is 20.9. The highest BCUT2D eigenvalue weighted by Gasteiger charge is 2.24. The minimum absolute atomic E-state index is 0.184. The lowest BCUT2D eigenvalue weighted by molar-refractivity contribution is -0.142. The molecule has 6 nitrogen and oxygen atoms in total.